The van der Waals surface area contributed by atoms with Gasteiger partial charge in [0.1, 0.15) is 0 Å². The van der Waals surface area contributed by atoms with Crippen LogP contribution < -0.4 is 5.48 Å². The maximum Gasteiger partial charge on any atom is 0.493 e. The van der Waals surface area contributed by atoms with E-state index in [9.17, 15) is 18.0 Å². The highest BCUT2D eigenvalue weighted by Crippen LogP contribution is 2.19. The zero-order valence-electron chi connectivity index (χ0n) is 9.90. The maximum absolute atomic E-state index is 12.0. The molecule has 0 aliphatic heterocycles. The van der Waals surface area contributed by atoms with Crippen molar-refractivity contribution in [1.82, 2.24) is 19.8 Å². The van der Waals surface area contributed by atoms with Crippen LogP contribution in [0.1, 0.15) is 12.5 Å². The van der Waals surface area contributed by atoms with Gasteiger partial charge in [0.2, 0.25) is 0 Å². The summed E-state index contributed by atoms with van der Waals surface area (Å²) in [6, 6.07) is 1.57. The van der Waals surface area contributed by atoms with Crippen LogP contribution in [0.4, 0.5) is 19.1 Å². The van der Waals surface area contributed by atoms with Crippen LogP contribution >= 0.6 is 11.6 Å². The monoisotopic (exact) mass is 309 g/mol. The van der Waals surface area contributed by atoms with Gasteiger partial charge in [0, 0.05) is 0 Å². The van der Waals surface area contributed by atoms with Gasteiger partial charge in [-0.2, -0.15) is 28.3 Å². The van der Waals surface area contributed by atoms with E-state index in [4.69, 9.17) is 11.6 Å². The van der Waals surface area contributed by atoms with Crippen molar-refractivity contribution in [2.75, 3.05) is 5.48 Å². The van der Waals surface area contributed by atoms with Gasteiger partial charge < -0.3 is 4.84 Å². The number of halogens is 4. The molecule has 20 heavy (non-hydrogen) atoms. The summed E-state index contributed by atoms with van der Waals surface area (Å²) in [5.41, 5.74) is 2.68. The number of carbonyl (C=O) groups excluding carboxylic acids is 1. The number of carbonyl (C=O) groups is 1. The molecule has 0 bridgehead atoms. The van der Waals surface area contributed by atoms with Gasteiger partial charge in [-0.1, -0.05) is 18.5 Å². The SMILES string of the molecule is CCc1cc2nnc(NOC(=O)C(F)(F)F)n2nc1Cl. The van der Waals surface area contributed by atoms with Crippen LogP contribution in [0.5, 0.6) is 0 Å². The standard InChI is InChI=1S/C9H7ClF3N5O2/c1-2-4-3-5-14-15-8(18(5)16-6(4)10)17-20-7(19)9(11,12)13/h3H,2H2,1H3,(H,15,17). The largest absolute Gasteiger partial charge is 0.493 e. The Morgan fingerprint density at radius 3 is 2.80 bits per heavy atom. The summed E-state index contributed by atoms with van der Waals surface area (Å²) in [5, 5.41) is 11.2. The predicted molar refractivity (Wildman–Crippen MR) is 60.9 cm³/mol. The average molecular weight is 310 g/mol. The molecule has 2 aromatic rings. The molecule has 0 spiro atoms. The number of hydrogen-bond donors (Lipinski definition) is 1. The molecule has 7 nitrogen and oxygen atoms in total. The smallest absolute Gasteiger partial charge is 0.332 e. The lowest BCUT2D eigenvalue weighted by molar-refractivity contribution is -0.196. The summed E-state index contributed by atoms with van der Waals surface area (Å²) in [6.07, 6.45) is -4.52. The van der Waals surface area contributed by atoms with Crippen LogP contribution in [0.15, 0.2) is 6.07 Å². The zero-order valence-corrected chi connectivity index (χ0v) is 10.7. The lowest BCUT2D eigenvalue weighted by Crippen LogP contribution is -2.28. The van der Waals surface area contributed by atoms with Crippen molar-refractivity contribution in [3.63, 3.8) is 0 Å². The van der Waals surface area contributed by atoms with Gasteiger partial charge in [0.15, 0.2) is 10.8 Å². The summed E-state index contributed by atoms with van der Waals surface area (Å²) < 4.78 is 36.9. The number of fused-ring (bicyclic) bond motifs is 1. The highest BCUT2D eigenvalue weighted by molar-refractivity contribution is 6.30. The first kappa shape index (κ1) is 14.3. The number of nitrogens with one attached hydrogen (secondary N) is 1. The van der Waals surface area contributed by atoms with Crippen LogP contribution in [0.25, 0.3) is 5.65 Å². The van der Waals surface area contributed by atoms with Gasteiger partial charge in [0.25, 0.3) is 5.95 Å². The molecule has 0 radical (unpaired) electrons. The van der Waals surface area contributed by atoms with Crippen molar-refractivity contribution >= 4 is 29.2 Å². The first-order valence-corrected chi connectivity index (χ1v) is 5.65. The summed E-state index contributed by atoms with van der Waals surface area (Å²) in [4.78, 5) is 14.4. The highest BCUT2D eigenvalue weighted by Gasteiger charge is 2.41. The molecule has 0 amide bonds. The Balaban J connectivity index is 2.24. The molecule has 0 saturated carbocycles. The van der Waals surface area contributed by atoms with E-state index < -0.39 is 12.1 Å². The molecule has 2 rings (SSSR count). The van der Waals surface area contributed by atoms with Crippen LogP contribution in [-0.4, -0.2) is 32.0 Å². The predicted octanol–water partition coefficient (Wildman–Crippen LogP) is 1.77. The minimum absolute atomic E-state index is 0.144. The number of aryl methyl sites for hydroxylation is 1. The van der Waals surface area contributed by atoms with E-state index in [0.717, 1.165) is 4.52 Å². The summed E-state index contributed by atoms with van der Waals surface area (Å²) >= 11 is 5.86. The molecule has 0 saturated heterocycles. The number of rotatable bonds is 3. The Bertz CT molecular complexity index is 657. The van der Waals surface area contributed by atoms with Crippen molar-refractivity contribution in [3.8, 4) is 0 Å². The lowest BCUT2D eigenvalue weighted by atomic mass is 10.2. The van der Waals surface area contributed by atoms with Crippen LogP contribution in [0.2, 0.25) is 5.15 Å². The molecule has 0 unspecified atom stereocenters. The number of nitrogens with zero attached hydrogens (tertiary/aromatic N) is 4. The van der Waals surface area contributed by atoms with Crippen molar-refractivity contribution in [2.24, 2.45) is 0 Å². The molecule has 108 valence electrons. The Morgan fingerprint density at radius 1 is 1.50 bits per heavy atom. The molecular weight excluding hydrogens is 303 g/mol. The molecule has 0 aliphatic rings. The number of anilines is 1. The third-order valence-corrected chi connectivity index (χ3v) is 2.59. The Labute approximate surface area is 114 Å². The normalized spacial score (nSPS) is 11.7. The molecule has 0 aliphatic carbocycles. The molecule has 11 heteroatoms. The fourth-order valence-corrected chi connectivity index (χ4v) is 1.57. The van der Waals surface area contributed by atoms with Gasteiger partial charge in [-0.05, 0) is 18.1 Å². The second kappa shape index (κ2) is 5.12. The Hall–Kier alpha value is -2.10. The van der Waals surface area contributed by atoms with E-state index in [0.29, 0.717) is 12.0 Å². The Kier molecular flexibility index (Phi) is 3.66. The maximum atomic E-state index is 12.0. The van der Waals surface area contributed by atoms with Gasteiger partial charge >= 0.3 is 12.1 Å². The third-order valence-electron chi connectivity index (χ3n) is 2.27. The second-order valence-corrected chi connectivity index (χ2v) is 3.95. The van der Waals surface area contributed by atoms with Gasteiger partial charge in [-0.15, -0.1) is 10.2 Å². The first-order valence-electron chi connectivity index (χ1n) is 5.27. The van der Waals surface area contributed by atoms with E-state index in [1.54, 1.807) is 11.5 Å². The molecule has 0 aromatic carbocycles. The highest BCUT2D eigenvalue weighted by atomic mass is 35.5. The molecule has 2 heterocycles. The number of aromatic nitrogens is 4. The fraction of sp³-hybridized carbons (Fsp3) is 0.333. The molecular formula is C9H7ClF3N5O2. The van der Waals surface area contributed by atoms with Crippen molar-refractivity contribution in [1.29, 1.82) is 0 Å². The van der Waals surface area contributed by atoms with Gasteiger partial charge in [-0.25, -0.2) is 4.79 Å². The molecule has 0 fully saturated rings. The lowest BCUT2D eigenvalue weighted by Gasteiger charge is -2.07. The zero-order chi connectivity index (χ0) is 14.9. The number of hydrogen-bond acceptors (Lipinski definition) is 6. The summed E-state index contributed by atoms with van der Waals surface area (Å²) in [7, 11) is 0. The minimum Gasteiger partial charge on any atom is -0.332 e. The molecule has 2 aromatic heterocycles. The fourth-order valence-electron chi connectivity index (χ4n) is 1.31. The quantitative estimate of drug-likeness (QED) is 0.870. The topological polar surface area (TPSA) is 81.4 Å². The van der Waals surface area contributed by atoms with Gasteiger partial charge in [-0.3, -0.25) is 0 Å². The molecule has 0 atom stereocenters. The van der Waals surface area contributed by atoms with Crippen LogP contribution in [-0.2, 0) is 16.1 Å². The van der Waals surface area contributed by atoms with E-state index in [-0.39, 0.29) is 16.7 Å². The van der Waals surface area contributed by atoms with Crippen molar-refractivity contribution in [2.45, 2.75) is 19.5 Å². The third kappa shape index (κ3) is 2.74. The van der Waals surface area contributed by atoms with E-state index in [1.807, 2.05) is 6.92 Å². The molecule has 1 N–H and O–H groups in total. The van der Waals surface area contributed by atoms with Gasteiger partial charge in [0.05, 0.1) is 0 Å². The van der Waals surface area contributed by atoms with Crippen LogP contribution in [0.3, 0.4) is 0 Å². The summed E-state index contributed by atoms with van der Waals surface area (Å²) in [6.45, 7) is 1.85. The first-order chi connectivity index (χ1) is 9.32. The van der Waals surface area contributed by atoms with E-state index in [1.165, 1.54) is 0 Å². The summed E-state index contributed by atoms with van der Waals surface area (Å²) in [5.74, 6) is -2.72. The number of alkyl halides is 3. The van der Waals surface area contributed by atoms with Crippen LogP contribution in [0, 0.1) is 0 Å². The Morgan fingerprint density at radius 2 is 2.20 bits per heavy atom. The minimum atomic E-state index is -5.12. The van der Waals surface area contributed by atoms with Crippen molar-refractivity contribution in [3.05, 3.63) is 16.8 Å². The van der Waals surface area contributed by atoms with E-state index >= 15 is 0 Å². The van der Waals surface area contributed by atoms with Crippen molar-refractivity contribution < 1.29 is 22.8 Å². The second-order valence-electron chi connectivity index (χ2n) is 3.60. The van der Waals surface area contributed by atoms with E-state index in [2.05, 4.69) is 20.1 Å². The average Bonchev–Trinajstić information content (AvgIpc) is 2.75.